The number of amides is 1. The largest absolute Gasteiger partial charge is 0.338 e. The lowest BCUT2D eigenvalue weighted by atomic mass is 10.2. The number of sulfone groups is 1. The van der Waals surface area contributed by atoms with E-state index in [0.717, 1.165) is 4.88 Å². The smallest absolute Gasteiger partial charge is 0.233 e. The van der Waals surface area contributed by atoms with E-state index in [4.69, 9.17) is 0 Å². The number of thiophene rings is 1. The summed E-state index contributed by atoms with van der Waals surface area (Å²) >= 11 is 2.82. The lowest BCUT2D eigenvalue weighted by Gasteiger charge is -2.26. The third kappa shape index (κ3) is 3.98. The van der Waals surface area contributed by atoms with E-state index < -0.39 is 9.84 Å². The van der Waals surface area contributed by atoms with Crippen LogP contribution in [0.25, 0.3) is 10.7 Å². The van der Waals surface area contributed by atoms with Crippen LogP contribution >= 0.6 is 23.1 Å². The van der Waals surface area contributed by atoms with Crippen molar-refractivity contribution in [3.63, 3.8) is 0 Å². The van der Waals surface area contributed by atoms with Gasteiger partial charge < -0.3 is 4.90 Å². The Morgan fingerprint density at radius 2 is 2.38 bits per heavy atom. The molecule has 1 saturated heterocycles. The summed E-state index contributed by atoms with van der Waals surface area (Å²) in [6, 6.07) is 3.68. The molecule has 0 radical (unpaired) electrons. The molecular formula is C14H18N4O3S3. The molecule has 2 aromatic rings. The molecule has 0 bridgehead atoms. The minimum atomic E-state index is -3.00. The van der Waals surface area contributed by atoms with Crippen molar-refractivity contribution in [3.05, 3.63) is 17.5 Å². The maximum atomic E-state index is 12.4. The first-order chi connectivity index (χ1) is 11.5. The zero-order valence-corrected chi connectivity index (χ0v) is 15.6. The number of aromatic amines is 1. The lowest BCUT2D eigenvalue weighted by molar-refractivity contribution is -0.129. The Kier molecular flexibility index (Phi) is 5.26. The summed E-state index contributed by atoms with van der Waals surface area (Å²) in [6.07, 6.45) is 0.524. The molecule has 1 amide bonds. The molecule has 10 heteroatoms. The molecule has 0 saturated carbocycles. The molecule has 24 heavy (non-hydrogen) atoms. The number of nitrogens with zero attached hydrogens (tertiary/aromatic N) is 3. The van der Waals surface area contributed by atoms with Crippen molar-refractivity contribution >= 4 is 38.8 Å². The minimum Gasteiger partial charge on any atom is -0.338 e. The van der Waals surface area contributed by atoms with Gasteiger partial charge in [0.05, 0.1) is 22.1 Å². The van der Waals surface area contributed by atoms with E-state index in [2.05, 4.69) is 15.2 Å². The van der Waals surface area contributed by atoms with Crippen molar-refractivity contribution in [2.45, 2.75) is 24.5 Å². The van der Waals surface area contributed by atoms with Gasteiger partial charge in [0, 0.05) is 12.6 Å². The highest BCUT2D eigenvalue weighted by Gasteiger charge is 2.33. The molecule has 7 nitrogen and oxygen atoms in total. The standard InChI is InChI=1S/C14H18N4O3S3/c1-2-18(10-5-7-24(20,21)9-10)12(19)8-23-14-15-13(16-17-14)11-4-3-6-22-11/h3-4,6,10H,2,5,7-9H2,1H3,(H,15,16,17)/t10-/m1/s1. The summed E-state index contributed by atoms with van der Waals surface area (Å²) in [4.78, 5) is 19.4. The Bertz CT molecular complexity index is 801. The lowest BCUT2D eigenvalue weighted by Crippen LogP contribution is -2.41. The van der Waals surface area contributed by atoms with Crippen LogP contribution in [0.1, 0.15) is 13.3 Å². The normalized spacial score (nSPS) is 19.5. The van der Waals surface area contributed by atoms with Gasteiger partial charge in [0.15, 0.2) is 15.7 Å². The molecule has 0 unspecified atom stereocenters. The number of carbonyl (C=O) groups is 1. The molecule has 3 rings (SSSR count). The van der Waals surface area contributed by atoms with E-state index in [0.29, 0.717) is 23.9 Å². The first-order valence-corrected chi connectivity index (χ1v) is 11.3. The summed E-state index contributed by atoms with van der Waals surface area (Å²) in [5.74, 6) is 1.05. The van der Waals surface area contributed by atoms with Crippen molar-refractivity contribution in [1.82, 2.24) is 20.1 Å². The summed E-state index contributed by atoms with van der Waals surface area (Å²) in [5.41, 5.74) is 0. The Balaban J connectivity index is 1.58. The van der Waals surface area contributed by atoms with Crippen LogP contribution in [-0.4, -0.2) is 64.3 Å². The van der Waals surface area contributed by atoms with E-state index in [1.807, 2.05) is 24.4 Å². The van der Waals surface area contributed by atoms with Crippen molar-refractivity contribution in [2.24, 2.45) is 0 Å². The second kappa shape index (κ2) is 7.24. The van der Waals surface area contributed by atoms with Gasteiger partial charge in [-0.05, 0) is 24.8 Å². The monoisotopic (exact) mass is 386 g/mol. The van der Waals surface area contributed by atoms with Gasteiger partial charge in [0.2, 0.25) is 11.1 Å². The fraction of sp³-hybridized carbons (Fsp3) is 0.500. The minimum absolute atomic E-state index is 0.0699. The zero-order chi connectivity index (χ0) is 17.2. The third-order valence-corrected chi connectivity index (χ3v) is 7.31. The summed E-state index contributed by atoms with van der Waals surface area (Å²) in [7, 11) is -3.00. The fourth-order valence-corrected chi connectivity index (χ4v) is 5.78. The van der Waals surface area contributed by atoms with Gasteiger partial charge in [-0.2, -0.15) is 0 Å². The highest BCUT2D eigenvalue weighted by molar-refractivity contribution is 7.99. The van der Waals surface area contributed by atoms with Gasteiger partial charge in [-0.15, -0.1) is 16.4 Å². The number of thioether (sulfide) groups is 1. The van der Waals surface area contributed by atoms with Crippen LogP contribution < -0.4 is 0 Å². The molecule has 1 aliphatic heterocycles. The highest BCUT2D eigenvalue weighted by Crippen LogP contribution is 2.24. The first kappa shape index (κ1) is 17.4. The van der Waals surface area contributed by atoms with Crippen molar-refractivity contribution in [1.29, 1.82) is 0 Å². The van der Waals surface area contributed by atoms with E-state index in [-0.39, 0.29) is 29.2 Å². The molecule has 1 N–H and O–H groups in total. The molecule has 0 spiro atoms. The first-order valence-electron chi connectivity index (χ1n) is 7.57. The van der Waals surface area contributed by atoms with Crippen molar-refractivity contribution in [3.8, 4) is 10.7 Å². The number of hydrogen-bond donors (Lipinski definition) is 1. The molecule has 1 atom stereocenters. The average Bonchev–Trinajstić information content (AvgIpc) is 3.26. The van der Waals surface area contributed by atoms with Gasteiger partial charge >= 0.3 is 0 Å². The quantitative estimate of drug-likeness (QED) is 0.759. The summed E-state index contributed by atoms with van der Waals surface area (Å²) in [6.45, 7) is 2.38. The molecule has 0 aromatic carbocycles. The van der Waals surface area contributed by atoms with Crippen molar-refractivity contribution < 1.29 is 13.2 Å². The number of H-pyrrole nitrogens is 1. The molecule has 2 aromatic heterocycles. The van der Waals surface area contributed by atoms with E-state index in [9.17, 15) is 13.2 Å². The Morgan fingerprint density at radius 1 is 1.54 bits per heavy atom. The van der Waals surface area contributed by atoms with Gasteiger partial charge in [0.1, 0.15) is 0 Å². The van der Waals surface area contributed by atoms with Gasteiger partial charge in [-0.25, -0.2) is 13.4 Å². The van der Waals surface area contributed by atoms with Crippen molar-refractivity contribution in [2.75, 3.05) is 23.8 Å². The molecule has 1 aliphatic rings. The summed E-state index contributed by atoms with van der Waals surface area (Å²) in [5, 5.41) is 9.46. The Morgan fingerprint density at radius 3 is 3.00 bits per heavy atom. The van der Waals surface area contributed by atoms with Gasteiger partial charge in [-0.1, -0.05) is 17.8 Å². The Labute approximate surface area is 148 Å². The fourth-order valence-electron chi connectivity index (χ4n) is 2.70. The molecule has 1 fully saturated rings. The second-order valence-corrected chi connectivity index (χ2v) is 9.59. The van der Waals surface area contributed by atoms with E-state index in [1.165, 1.54) is 11.8 Å². The molecule has 130 valence electrons. The van der Waals surface area contributed by atoms with E-state index >= 15 is 0 Å². The maximum absolute atomic E-state index is 12.4. The van der Waals surface area contributed by atoms with Gasteiger partial charge in [0.25, 0.3) is 0 Å². The Hall–Kier alpha value is -1.39. The maximum Gasteiger partial charge on any atom is 0.233 e. The van der Waals surface area contributed by atoms with E-state index in [1.54, 1.807) is 16.2 Å². The molecular weight excluding hydrogens is 368 g/mol. The zero-order valence-electron chi connectivity index (χ0n) is 13.1. The predicted molar refractivity (Wildman–Crippen MR) is 94.9 cm³/mol. The number of nitrogens with one attached hydrogen (secondary N) is 1. The van der Waals surface area contributed by atoms with Crippen LogP contribution in [0, 0.1) is 0 Å². The second-order valence-electron chi connectivity index (χ2n) is 5.47. The molecule has 0 aliphatic carbocycles. The van der Waals surface area contributed by atoms with Crippen LogP contribution in [0.2, 0.25) is 0 Å². The van der Waals surface area contributed by atoms with Crippen LogP contribution in [0.15, 0.2) is 22.7 Å². The van der Waals surface area contributed by atoms with Crippen LogP contribution in [0.5, 0.6) is 0 Å². The number of hydrogen-bond acceptors (Lipinski definition) is 7. The highest BCUT2D eigenvalue weighted by atomic mass is 32.2. The SMILES string of the molecule is CCN(C(=O)CSc1n[nH]c(-c2cccs2)n1)[C@@H]1CCS(=O)(=O)C1. The number of aromatic nitrogens is 3. The number of carbonyl (C=O) groups excluding carboxylic acids is 1. The van der Waals surface area contributed by atoms with Gasteiger partial charge in [-0.3, -0.25) is 9.89 Å². The van der Waals surface area contributed by atoms with Crippen LogP contribution in [0.4, 0.5) is 0 Å². The number of rotatable bonds is 6. The topological polar surface area (TPSA) is 96.0 Å². The third-order valence-electron chi connectivity index (χ3n) is 3.85. The predicted octanol–water partition coefficient (Wildman–Crippen LogP) is 1.66. The average molecular weight is 387 g/mol. The van der Waals surface area contributed by atoms with Crippen LogP contribution in [-0.2, 0) is 14.6 Å². The van der Waals surface area contributed by atoms with Crippen LogP contribution in [0.3, 0.4) is 0 Å². The summed E-state index contributed by atoms with van der Waals surface area (Å²) < 4.78 is 23.2. The molecule has 3 heterocycles.